The number of carbonyl (C=O) groups is 3. The highest BCUT2D eigenvalue weighted by Crippen LogP contribution is 2.18. The van der Waals surface area contributed by atoms with Crippen molar-refractivity contribution in [1.29, 1.82) is 0 Å². The van der Waals surface area contributed by atoms with E-state index in [9.17, 15) is 19.5 Å². The molecule has 0 spiro atoms. The summed E-state index contributed by atoms with van der Waals surface area (Å²) in [4.78, 5) is 39.2. The van der Waals surface area contributed by atoms with Gasteiger partial charge in [-0.3, -0.25) is 9.59 Å². The summed E-state index contributed by atoms with van der Waals surface area (Å²) in [5.74, 6) is -0.803. The number of aliphatic hydroxyl groups is 1. The van der Waals surface area contributed by atoms with E-state index in [-0.39, 0.29) is 18.4 Å². The molecule has 4 atom stereocenters. The van der Waals surface area contributed by atoms with Crippen molar-refractivity contribution >= 4 is 17.7 Å². The summed E-state index contributed by atoms with van der Waals surface area (Å²) in [5, 5.41) is 21.4. The van der Waals surface area contributed by atoms with Crippen LogP contribution in [0.1, 0.15) is 44.1 Å². The maximum atomic E-state index is 12.2. The van der Waals surface area contributed by atoms with Gasteiger partial charge in [0.2, 0.25) is 11.8 Å². The number of morpholine rings is 1. The minimum absolute atomic E-state index is 0.0113. The molecule has 2 rings (SSSR count). The van der Waals surface area contributed by atoms with Crippen molar-refractivity contribution in [3.05, 3.63) is 11.7 Å². The maximum Gasteiger partial charge on any atom is 0.316 e. The molecular formula is C15H24N6O6. The molecule has 0 aromatic carbocycles. The Kier molecular flexibility index (Phi) is 7.21. The Balaban J connectivity index is 2.08. The van der Waals surface area contributed by atoms with E-state index in [0.717, 1.165) is 0 Å². The number of hydrogen-bond acceptors (Lipinski definition) is 9. The predicted molar refractivity (Wildman–Crippen MR) is 90.2 cm³/mol. The average Bonchev–Trinajstić information content (AvgIpc) is 3.09. The molecule has 0 radical (unpaired) electrons. The third kappa shape index (κ3) is 5.98. The Hall–Kier alpha value is -2.57. The first-order chi connectivity index (χ1) is 12.8. The topological polar surface area (TPSA) is 182 Å². The Bertz CT molecular complexity index is 672. The molecule has 2 heterocycles. The molecule has 1 aromatic rings. The summed E-state index contributed by atoms with van der Waals surface area (Å²) in [6.07, 6.45) is -1.38. The summed E-state index contributed by atoms with van der Waals surface area (Å²) in [6, 6.07) is -3.14. The zero-order valence-electron chi connectivity index (χ0n) is 15.1. The fraction of sp³-hybridized carbons (Fsp3) is 0.667. The van der Waals surface area contributed by atoms with E-state index >= 15 is 0 Å². The number of hydrogen-bond donors (Lipinski definition) is 5. The van der Waals surface area contributed by atoms with Crippen molar-refractivity contribution in [2.24, 2.45) is 5.73 Å². The summed E-state index contributed by atoms with van der Waals surface area (Å²) in [7, 11) is 0. The number of carbonyl (C=O) groups excluding carboxylic acids is 3. The van der Waals surface area contributed by atoms with Crippen molar-refractivity contribution in [3.63, 3.8) is 0 Å². The second kappa shape index (κ2) is 9.39. The molecule has 1 aliphatic heterocycles. The quantitative estimate of drug-likeness (QED) is 0.348. The molecule has 1 aliphatic rings. The number of ether oxygens (including phenoxy) is 1. The van der Waals surface area contributed by atoms with E-state index in [1.54, 1.807) is 0 Å². The Morgan fingerprint density at radius 3 is 2.70 bits per heavy atom. The molecule has 2 unspecified atom stereocenters. The number of rotatable bonds is 8. The van der Waals surface area contributed by atoms with Crippen molar-refractivity contribution in [2.75, 3.05) is 19.8 Å². The summed E-state index contributed by atoms with van der Waals surface area (Å²) in [5.41, 5.74) is 5.23. The summed E-state index contributed by atoms with van der Waals surface area (Å²) in [6.45, 7) is 4.18. The smallest absolute Gasteiger partial charge is 0.316 e. The van der Waals surface area contributed by atoms with Crippen LogP contribution in [0, 0.1) is 0 Å². The molecule has 0 saturated carbocycles. The van der Waals surface area contributed by atoms with E-state index in [1.807, 2.05) is 0 Å². The van der Waals surface area contributed by atoms with Crippen LogP contribution in [0.2, 0.25) is 0 Å². The molecule has 1 fully saturated rings. The van der Waals surface area contributed by atoms with Gasteiger partial charge in [0.1, 0.15) is 12.1 Å². The fourth-order valence-corrected chi connectivity index (χ4v) is 2.57. The van der Waals surface area contributed by atoms with Crippen LogP contribution in [0.3, 0.4) is 0 Å². The predicted octanol–water partition coefficient (Wildman–Crippen LogP) is -1.72. The number of ketones is 1. The van der Waals surface area contributed by atoms with Gasteiger partial charge in [0.25, 0.3) is 0 Å². The Morgan fingerprint density at radius 1 is 1.41 bits per heavy atom. The van der Waals surface area contributed by atoms with Crippen molar-refractivity contribution in [3.8, 4) is 0 Å². The number of Topliss-reactive ketones (excluding diaryl/α,β-unsaturated/α-hetero) is 1. The monoisotopic (exact) mass is 384 g/mol. The number of aliphatic hydroxyl groups excluding tert-OH is 1. The van der Waals surface area contributed by atoms with E-state index < -0.39 is 35.9 Å². The lowest BCUT2D eigenvalue weighted by atomic mass is 10.1. The van der Waals surface area contributed by atoms with Crippen molar-refractivity contribution in [1.82, 2.24) is 26.1 Å². The van der Waals surface area contributed by atoms with Crippen LogP contribution in [-0.2, 0) is 14.3 Å². The molecule has 3 amide bonds. The number of nitrogens with two attached hydrogens (primary N) is 1. The summed E-state index contributed by atoms with van der Waals surface area (Å²) < 4.78 is 10.5. The first kappa shape index (κ1) is 20.7. The van der Waals surface area contributed by atoms with Gasteiger partial charge in [0.15, 0.2) is 11.6 Å². The van der Waals surface area contributed by atoms with E-state index in [2.05, 4.69) is 26.1 Å². The largest absolute Gasteiger partial charge is 0.391 e. The Labute approximate surface area is 155 Å². The highest BCUT2D eigenvalue weighted by Gasteiger charge is 2.28. The van der Waals surface area contributed by atoms with Crippen LogP contribution >= 0.6 is 0 Å². The van der Waals surface area contributed by atoms with Gasteiger partial charge in [-0.1, -0.05) is 5.16 Å². The first-order valence-corrected chi connectivity index (χ1v) is 8.46. The second-order valence-corrected chi connectivity index (χ2v) is 6.24. The number of urea groups is 1. The standard InChI is InChI=1S/C15H24N6O6/c1-7(22)12(8(2)23)19-15(25)18-9(5-11(16)24)14-20-13(21-27-14)10-6-26-4-3-17-10/h7,9-10,12,17,22H,3-6H2,1-2H3,(H2,16,24)(H2,18,19,25)/t7?,9-,10?,12-/m0/s1. The lowest BCUT2D eigenvalue weighted by Gasteiger charge is -2.21. The number of amides is 3. The SMILES string of the molecule is CC(=O)[C@@H](NC(=O)N[C@@H](CC(N)=O)c1nc(C2COCCN2)no1)C(C)O. The van der Waals surface area contributed by atoms with Gasteiger partial charge >= 0.3 is 6.03 Å². The van der Waals surface area contributed by atoms with Crippen LogP contribution in [0.5, 0.6) is 0 Å². The molecule has 12 heteroatoms. The van der Waals surface area contributed by atoms with Crippen LogP contribution < -0.4 is 21.7 Å². The minimum Gasteiger partial charge on any atom is -0.391 e. The third-order valence-electron chi connectivity index (χ3n) is 3.91. The fourth-order valence-electron chi connectivity index (χ4n) is 2.57. The van der Waals surface area contributed by atoms with Gasteiger partial charge < -0.3 is 36.1 Å². The average molecular weight is 384 g/mol. The van der Waals surface area contributed by atoms with Gasteiger partial charge in [-0.15, -0.1) is 0 Å². The number of primary amides is 1. The van der Waals surface area contributed by atoms with Crippen LogP contribution in [0.4, 0.5) is 4.79 Å². The summed E-state index contributed by atoms with van der Waals surface area (Å²) >= 11 is 0. The zero-order valence-corrected chi connectivity index (χ0v) is 15.1. The van der Waals surface area contributed by atoms with Gasteiger partial charge in [-0.05, 0) is 13.8 Å². The van der Waals surface area contributed by atoms with E-state index in [0.29, 0.717) is 25.6 Å². The van der Waals surface area contributed by atoms with Crippen LogP contribution in [-0.4, -0.2) is 64.9 Å². The molecular weight excluding hydrogens is 360 g/mol. The zero-order chi connectivity index (χ0) is 20.0. The number of nitrogens with zero attached hydrogens (tertiary/aromatic N) is 2. The highest BCUT2D eigenvalue weighted by molar-refractivity contribution is 5.87. The second-order valence-electron chi connectivity index (χ2n) is 6.24. The third-order valence-corrected chi connectivity index (χ3v) is 3.91. The molecule has 150 valence electrons. The van der Waals surface area contributed by atoms with Gasteiger partial charge in [-0.25, -0.2) is 4.79 Å². The molecule has 27 heavy (non-hydrogen) atoms. The van der Waals surface area contributed by atoms with Gasteiger partial charge in [0.05, 0.1) is 31.8 Å². The first-order valence-electron chi connectivity index (χ1n) is 8.46. The van der Waals surface area contributed by atoms with Crippen LogP contribution in [0.25, 0.3) is 0 Å². The molecule has 6 N–H and O–H groups in total. The molecule has 1 saturated heterocycles. The van der Waals surface area contributed by atoms with Crippen LogP contribution in [0.15, 0.2) is 4.52 Å². The maximum absolute atomic E-state index is 12.2. The van der Waals surface area contributed by atoms with Gasteiger partial charge in [-0.2, -0.15) is 4.98 Å². The minimum atomic E-state index is -1.10. The van der Waals surface area contributed by atoms with Gasteiger partial charge in [0, 0.05) is 6.54 Å². The lowest BCUT2D eigenvalue weighted by molar-refractivity contribution is -0.121. The Morgan fingerprint density at radius 2 is 2.15 bits per heavy atom. The molecule has 0 aliphatic carbocycles. The van der Waals surface area contributed by atoms with E-state index in [4.69, 9.17) is 15.0 Å². The highest BCUT2D eigenvalue weighted by atomic mass is 16.5. The molecule has 0 bridgehead atoms. The molecule has 12 nitrogen and oxygen atoms in total. The number of nitrogens with one attached hydrogen (secondary N) is 3. The van der Waals surface area contributed by atoms with Crippen molar-refractivity contribution in [2.45, 2.75) is 44.5 Å². The molecule has 1 aromatic heterocycles. The van der Waals surface area contributed by atoms with Crippen molar-refractivity contribution < 1.29 is 28.8 Å². The number of aromatic nitrogens is 2. The lowest BCUT2D eigenvalue weighted by Crippen LogP contribution is -2.51. The normalized spacial score (nSPS) is 20.3. The van der Waals surface area contributed by atoms with E-state index in [1.165, 1.54) is 13.8 Å².